The number of aryl methyl sites for hydroxylation is 1. The van der Waals surface area contributed by atoms with Crippen molar-refractivity contribution in [1.29, 1.82) is 0 Å². The number of carbonyl (C=O) groups excluding carboxylic acids is 1. The van der Waals surface area contributed by atoms with Crippen LogP contribution in [0.15, 0.2) is 39.1 Å². The standard InChI is InChI=1S/C17H17ClN4O5S2/c1-9-14(18)17(27-21-9)22-29(25,26)13-4-5-28-15(13)16(24)20-12-3-2-10(7-19)6-11(12)8-23/h2-6,22-23H,7-8,19H2,1H3,(H,20,24). The number of carbonyl (C=O) groups is 1. The molecule has 0 saturated heterocycles. The highest BCUT2D eigenvalue weighted by Crippen LogP contribution is 2.30. The van der Waals surface area contributed by atoms with Crippen molar-refractivity contribution in [3.63, 3.8) is 0 Å². The van der Waals surface area contributed by atoms with Crippen molar-refractivity contribution in [3.05, 3.63) is 56.4 Å². The average Bonchev–Trinajstić information content (AvgIpc) is 3.31. The molecule has 0 spiro atoms. The maximum absolute atomic E-state index is 12.7. The van der Waals surface area contributed by atoms with E-state index in [4.69, 9.17) is 21.9 Å². The molecule has 9 nitrogen and oxygen atoms in total. The Labute approximate surface area is 175 Å². The molecule has 5 N–H and O–H groups in total. The highest BCUT2D eigenvalue weighted by atomic mass is 35.5. The summed E-state index contributed by atoms with van der Waals surface area (Å²) in [5, 5.41) is 17.2. The number of rotatable bonds is 7. The quantitative estimate of drug-likeness (QED) is 0.427. The van der Waals surface area contributed by atoms with E-state index in [1.54, 1.807) is 25.1 Å². The fourth-order valence-corrected chi connectivity index (χ4v) is 4.97. The van der Waals surface area contributed by atoms with Gasteiger partial charge in [0.1, 0.15) is 20.5 Å². The normalized spacial score (nSPS) is 11.4. The number of thiophene rings is 1. The zero-order valence-corrected chi connectivity index (χ0v) is 17.5. The van der Waals surface area contributed by atoms with Gasteiger partial charge in [0.25, 0.3) is 21.8 Å². The van der Waals surface area contributed by atoms with Crippen LogP contribution in [0.1, 0.15) is 26.5 Å². The number of aliphatic hydroxyl groups excluding tert-OH is 1. The third-order valence-corrected chi connectivity index (χ3v) is 6.83. The van der Waals surface area contributed by atoms with Crippen LogP contribution in [-0.2, 0) is 23.2 Å². The monoisotopic (exact) mass is 456 g/mol. The van der Waals surface area contributed by atoms with E-state index >= 15 is 0 Å². The van der Waals surface area contributed by atoms with Gasteiger partial charge in [-0.15, -0.1) is 11.3 Å². The molecule has 12 heteroatoms. The summed E-state index contributed by atoms with van der Waals surface area (Å²) in [5.41, 5.74) is 7.51. The van der Waals surface area contributed by atoms with Crippen LogP contribution in [0.3, 0.4) is 0 Å². The Bertz CT molecular complexity index is 1160. The summed E-state index contributed by atoms with van der Waals surface area (Å²) in [5.74, 6) is -0.878. The lowest BCUT2D eigenvalue weighted by molar-refractivity contribution is 0.102. The second-order valence-electron chi connectivity index (χ2n) is 5.94. The average molecular weight is 457 g/mol. The number of aliphatic hydroxyl groups is 1. The molecule has 154 valence electrons. The van der Waals surface area contributed by atoms with Crippen LogP contribution >= 0.6 is 22.9 Å². The Morgan fingerprint density at radius 2 is 2.14 bits per heavy atom. The minimum atomic E-state index is -4.16. The van der Waals surface area contributed by atoms with E-state index in [0.717, 1.165) is 16.9 Å². The van der Waals surface area contributed by atoms with E-state index < -0.39 is 15.9 Å². The predicted octanol–water partition coefficient (Wildman–Crippen LogP) is 2.70. The molecule has 0 atom stereocenters. The summed E-state index contributed by atoms with van der Waals surface area (Å²) in [4.78, 5) is 12.4. The van der Waals surface area contributed by atoms with Gasteiger partial charge in [0.05, 0.1) is 6.61 Å². The molecule has 0 bridgehead atoms. The molecule has 29 heavy (non-hydrogen) atoms. The first-order chi connectivity index (χ1) is 13.8. The number of benzene rings is 1. The lowest BCUT2D eigenvalue weighted by atomic mass is 10.1. The van der Waals surface area contributed by atoms with Gasteiger partial charge < -0.3 is 20.7 Å². The van der Waals surface area contributed by atoms with E-state index in [2.05, 4.69) is 15.2 Å². The lowest BCUT2D eigenvalue weighted by Gasteiger charge is -2.11. The maximum atomic E-state index is 12.7. The van der Waals surface area contributed by atoms with Gasteiger partial charge in [-0.05, 0) is 30.0 Å². The van der Waals surface area contributed by atoms with E-state index in [1.165, 1.54) is 11.4 Å². The minimum absolute atomic E-state index is 0.0300. The highest BCUT2D eigenvalue weighted by molar-refractivity contribution is 7.93. The molecule has 0 fully saturated rings. The Morgan fingerprint density at radius 1 is 1.38 bits per heavy atom. The molecule has 1 amide bonds. The Balaban J connectivity index is 1.88. The van der Waals surface area contributed by atoms with Crippen LogP contribution in [0, 0.1) is 6.92 Å². The van der Waals surface area contributed by atoms with Crippen molar-refractivity contribution < 1.29 is 22.8 Å². The number of halogens is 1. The lowest BCUT2D eigenvalue weighted by Crippen LogP contribution is -2.19. The molecule has 0 aliphatic rings. The van der Waals surface area contributed by atoms with E-state index in [0.29, 0.717) is 16.9 Å². The summed E-state index contributed by atoms with van der Waals surface area (Å²) in [6.45, 7) is 1.52. The molecule has 0 radical (unpaired) electrons. The van der Waals surface area contributed by atoms with Crippen LogP contribution in [-0.4, -0.2) is 24.6 Å². The summed E-state index contributed by atoms with van der Waals surface area (Å²) in [7, 11) is -4.16. The van der Waals surface area contributed by atoms with Crippen molar-refractivity contribution in [2.75, 3.05) is 10.0 Å². The number of hydrogen-bond acceptors (Lipinski definition) is 8. The van der Waals surface area contributed by atoms with Crippen LogP contribution in [0.5, 0.6) is 0 Å². The Hall–Kier alpha value is -2.44. The topological polar surface area (TPSA) is 148 Å². The molecule has 0 saturated carbocycles. The first-order valence-electron chi connectivity index (χ1n) is 8.23. The number of sulfonamides is 1. The number of nitrogens with two attached hydrogens (primary N) is 1. The largest absolute Gasteiger partial charge is 0.392 e. The SMILES string of the molecule is Cc1noc(NS(=O)(=O)c2ccsc2C(=O)Nc2ccc(CN)cc2CO)c1Cl. The van der Waals surface area contributed by atoms with E-state index in [1.807, 2.05) is 0 Å². The van der Waals surface area contributed by atoms with Gasteiger partial charge in [0.2, 0.25) is 0 Å². The van der Waals surface area contributed by atoms with Crippen molar-refractivity contribution in [2.24, 2.45) is 5.73 Å². The van der Waals surface area contributed by atoms with Crippen LogP contribution < -0.4 is 15.8 Å². The second kappa shape index (κ2) is 8.51. The third-order valence-electron chi connectivity index (χ3n) is 3.97. The zero-order valence-electron chi connectivity index (χ0n) is 15.1. The van der Waals surface area contributed by atoms with Crippen molar-refractivity contribution >= 4 is 50.4 Å². The fourth-order valence-electron chi connectivity index (χ4n) is 2.48. The molecule has 2 aromatic heterocycles. The summed E-state index contributed by atoms with van der Waals surface area (Å²) in [6, 6.07) is 6.26. The minimum Gasteiger partial charge on any atom is -0.392 e. The molecule has 0 unspecified atom stereocenters. The highest BCUT2D eigenvalue weighted by Gasteiger charge is 2.27. The first-order valence-corrected chi connectivity index (χ1v) is 11.0. The molecule has 2 heterocycles. The number of hydrogen-bond donors (Lipinski definition) is 4. The maximum Gasteiger partial charge on any atom is 0.267 e. The summed E-state index contributed by atoms with van der Waals surface area (Å²) < 4.78 is 32.5. The van der Waals surface area contributed by atoms with Crippen LogP contribution in [0.25, 0.3) is 0 Å². The Kier molecular flexibility index (Phi) is 6.24. The molecule has 3 rings (SSSR count). The third kappa shape index (κ3) is 4.43. The van der Waals surface area contributed by atoms with Gasteiger partial charge in [0, 0.05) is 17.8 Å². The van der Waals surface area contributed by atoms with Gasteiger partial charge in [0.15, 0.2) is 0 Å². The molecule has 3 aromatic rings. The van der Waals surface area contributed by atoms with Crippen molar-refractivity contribution in [3.8, 4) is 0 Å². The van der Waals surface area contributed by atoms with Crippen LogP contribution in [0.4, 0.5) is 11.6 Å². The molecular weight excluding hydrogens is 440 g/mol. The van der Waals surface area contributed by atoms with Crippen molar-refractivity contribution in [2.45, 2.75) is 25.0 Å². The van der Waals surface area contributed by atoms with Gasteiger partial charge in [-0.25, -0.2) is 13.1 Å². The molecular formula is C17H17ClN4O5S2. The first kappa shape index (κ1) is 21.3. The number of nitrogens with zero attached hydrogens (tertiary/aromatic N) is 1. The number of aromatic nitrogens is 1. The summed E-state index contributed by atoms with van der Waals surface area (Å²) in [6.07, 6.45) is 0. The van der Waals surface area contributed by atoms with Crippen molar-refractivity contribution in [1.82, 2.24) is 5.16 Å². The van der Waals surface area contributed by atoms with Crippen LogP contribution in [0.2, 0.25) is 5.02 Å². The molecule has 1 aromatic carbocycles. The fraction of sp³-hybridized carbons (Fsp3) is 0.176. The predicted molar refractivity (Wildman–Crippen MR) is 110 cm³/mol. The second-order valence-corrected chi connectivity index (χ2v) is 8.88. The van der Waals surface area contributed by atoms with Gasteiger partial charge in [-0.1, -0.05) is 28.9 Å². The molecule has 0 aliphatic heterocycles. The van der Waals surface area contributed by atoms with Gasteiger partial charge in [-0.2, -0.15) is 0 Å². The number of amides is 1. The smallest absolute Gasteiger partial charge is 0.267 e. The number of nitrogens with one attached hydrogen (secondary N) is 2. The summed E-state index contributed by atoms with van der Waals surface area (Å²) >= 11 is 6.90. The van der Waals surface area contributed by atoms with E-state index in [9.17, 15) is 18.3 Å². The molecule has 0 aliphatic carbocycles. The van der Waals surface area contributed by atoms with Gasteiger partial charge in [-0.3, -0.25) is 4.79 Å². The van der Waals surface area contributed by atoms with E-state index in [-0.39, 0.29) is 33.8 Å². The number of anilines is 2. The van der Waals surface area contributed by atoms with Gasteiger partial charge >= 0.3 is 0 Å². The Morgan fingerprint density at radius 3 is 2.76 bits per heavy atom. The zero-order chi connectivity index (χ0) is 21.2.